The first kappa shape index (κ1) is 19.3. The van der Waals surface area contributed by atoms with Crippen molar-refractivity contribution >= 4 is 17.6 Å². The van der Waals surface area contributed by atoms with E-state index in [4.69, 9.17) is 14.2 Å². The summed E-state index contributed by atoms with van der Waals surface area (Å²) in [5.74, 6) is 0.0726. The second-order valence-electron chi connectivity index (χ2n) is 5.66. The maximum Gasteiger partial charge on any atom is 0.347 e. The van der Waals surface area contributed by atoms with Crippen LogP contribution in [0.2, 0.25) is 0 Å². The van der Waals surface area contributed by atoms with Crippen molar-refractivity contribution in [2.24, 2.45) is 0 Å². The zero-order chi connectivity index (χ0) is 18.9. The van der Waals surface area contributed by atoms with Gasteiger partial charge in [-0.2, -0.15) is 0 Å². The molecule has 6 nitrogen and oxygen atoms in total. The van der Waals surface area contributed by atoms with Gasteiger partial charge in [0.2, 0.25) is 0 Å². The quantitative estimate of drug-likeness (QED) is 0.734. The largest absolute Gasteiger partial charge is 0.492 e. The second kappa shape index (κ2) is 9.46. The Bertz CT molecular complexity index is 759. The molecule has 0 bridgehead atoms. The fraction of sp³-hybridized carbons (Fsp3) is 0.300. The Morgan fingerprint density at radius 2 is 1.88 bits per heavy atom. The number of aryl methyl sites for hydroxylation is 1. The first-order chi connectivity index (χ1) is 12.5. The van der Waals surface area contributed by atoms with Crippen molar-refractivity contribution < 1.29 is 23.8 Å². The summed E-state index contributed by atoms with van der Waals surface area (Å²) in [5, 5.41) is 2.66. The van der Waals surface area contributed by atoms with Gasteiger partial charge in [-0.25, -0.2) is 4.79 Å². The van der Waals surface area contributed by atoms with E-state index in [0.29, 0.717) is 23.8 Å². The smallest absolute Gasteiger partial charge is 0.347 e. The maximum atomic E-state index is 12.0. The van der Waals surface area contributed by atoms with Crippen LogP contribution in [-0.2, 0) is 14.3 Å². The molecule has 0 unspecified atom stereocenters. The Morgan fingerprint density at radius 1 is 1.12 bits per heavy atom. The van der Waals surface area contributed by atoms with Crippen LogP contribution in [0.15, 0.2) is 48.5 Å². The summed E-state index contributed by atoms with van der Waals surface area (Å²) < 4.78 is 16.0. The van der Waals surface area contributed by atoms with Crippen LogP contribution in [0.3, 0.4) is 0 Å². The first-order valence-corrected chi connectivity index (χ1v) is 8.41. The highest BCUT2D eigenvalue weighted by Gasteiger charge is 2.18. The minimum absolute atomic E-state index is 0.402. The normalized spacial score (nSPS) is 11.3. The lowest BCUT2D eigenvalue weighted by molar-refractivity contribution is -0.153. The Labute approximate surface area is 153 Å². The lowest BCUT2D eigenvalue weighted by Crippen LogP contribution is -2.29. The third-order valence-corrected chi connectivity index (χ3v) is 3.44. The van der Waals surface area contributed by atoms with Crippen LogP contribution >= 0.6 is 0 Å². The van der Waals surface area contributed by atoms with Crippen molar-refractivity contribution in [3.05, 3.63) is 54.1 Å². The number of ether oxygens (including phenoxy) is 3. The molecule has 26 heavy (non-hydrogen) atoms. The van der Waals surface area contributed by atoms with E-state index in [2.05, 4.69) is 5.32 Å². The molecule has 0 saturated carbocycles. The van der Waals surface area contributed by atoms with Gasteiger partial charge in [0.25, 0.3) is 5.91 Å². The molecule has 1 N–H and O–H groups in total. The van der Waals surface area contributed by atoms with Crippen LogP contribution in [0, 0.1) is 6.92 Å². The molecule has 0 radical (unpaired) electrons. The molecule has 0 aliphatic heterocycles. The number of para-hydroxylation sites is 2. The van der Waals surface area contributed by atoms with Gasteiger partial charge in [0, 0.05) is 0 Å². The topological polar surface area (TPSA) is 73.9 Å². The Morgan fingerprint density at radius 3 is 2.62 bits per heavy atom. The molecule has 1 amide bonds. The van der Waals surface area contributed by atoms with Crippen molar-refractivity contribution in [3.8, 4) is 11.5 Å². The highest BCUT2D eigenvalue weighted by Crippen LogP contribution is 2.23. The molecule has 0 aliphatic rings. The van der Waals surface area contributed by atoms with E-state index in [1.54, 1.807) is 31.2 Å². The van der Waals surface area contributed by atoms with Crippen molar-refractivity contribution in [1.29, 1.82) is 0 Å². The predicted octanol–water partition coefficient (Wildman–Crippen LogP) is 3.34. The molecular formula is C20H23NO5. The van der Waals surface area contributed by atoms with E-state index < -0.39 is 24.6 Å². The summed E-state index contributed by atoms with van der Waals surface area (Å²) in [6.07, 6.45) is -0.819. The highest BCUT2D eigenvalue weighted by molar-refractivity contribution is 5.94. The molecule has 0 fully saturated rings. The number of esters is 1. The van der Waals surface area contributed by atoms with Crippen molar-refractivity contribution in [3.63, 3.8) is 0 Å². The van der Waals surface area contributed by atoms with E-state index in [1.807, 2.05) is 38.1 Å². The number of amides is 1. The summed E-state index contributed by atoms with van der Waals surface area (Å²) in [6.45, 7) is 5.44. The second-order valence-corrected chi connectivity index (χ2v) is 5.66. The standard InChI is InChI=1S/C20H23NO5/c1-4-24-18-11-6-5-10-17(18)21-19(22)13-25-20(23)15(3)26-16-9-7-8-14(2)12-16/h5-12,15H,4,13H2,1-3H3,(H,21,22)/t15-/m1/s1. The lowest BCUT2D eigenvalue weighted by atomic mass is 10.2. The zero-order valence-electron chi connectivity index (χ0n) is 15.2. The van der Waals surface area contributed by atoms with Gasteiger partial charge in [0.05, 0.1) is 12.3 Å². The van der Waals surface area contributed by atoms with Crippen LogP contribution in [-0.4, -0.2) is 31.2 Å². The Balaban J connectivity index is 1.84. The van der Waals surface area contributed by atoms with Gasteiger partial charge >= 0.3 is 5.97 Å². The third kappa shape index (κ3) is 5.81. The molecule has 0 saturated heterocycles. The molecule has 6 heteroatoms. The van der Waals surface area contributed by atoms with Crippen LogP contribution in [0.5, 0.6) is 11.5 Å². The summed E-state index contributed by atoms with van der Waals surface area (Å²) >= 11 is 0. The summed E-state index contributed by atoms with van der Waals surface area (Å²) in [4.78, 5) is 24.0. The first-order valence-electron chi connectivity index (χ1n) is 8.41. The molecule has 2 rings (SSSR count). The maximum absolute atomic E-state index is 12.0. The highest BCUT2D eigenvalue weighted by atomic mass is 16.6. The fourth-order valence-corrected chi connectivity index (χ4v) is 2.23. The summed E-state index contributed by atoms with van der Waals surface area (Å²) in [6, 6.07) is 14.4. The van der Waals surface area contributed by atoms with Crippen LogP contribution in [0.25, 0.3) is 0 Å². The molecule has 0 aromatic heterocycles. The van der Waals surface area contributed by atoms with Gasteiger partial charge < -0.3 is 19.5 Å². The van der Waals surface area contributed by atoms with E-state index >= 15 is 0 Å². The number of rotatable bonds is 8. The molecule has 138 valence electrons. The van der Waals surface area contributed by atoms with Crippen LogP contribution < -0.4 is 14.8 Å². The third-order valence-electron chi connectivity index (χ3n) is 3.44. The Kier molecular flexibility index (Phi) is 7.02. The summed E-state index contributed by atoms with van der Waals surface area (Å²) in [7, 11) is 0. The van der Waals surface area contributed by atoms with Gasteiger partial charge in [0.1, 0.15) is 11.5 Å². The van der Waals surface area contributed by atoms with Gasteiger partial charge in [-0.05, 0) is 50.6 Å². The number of benzene rings is 2. The van der Waals surface area contributed by atoms with Gasteiger partial charge in [-0.15, -0.1) is 0 Å². The Hall–Kier alpha value is -3.02. The SMILES string of the molecule is CCOc1ccccc1NC(=O)COC(=O)[C@@H](C)Oc1cccc(C)c1. The van der Waals surface area contributed by atoms with E-state index in [-0.39, 0.29) is 0 Å². The molecule has 0 aliphatic carbocycles. The predicted molar refractivity (Wildman–Crippen MR) is 98.5 cm³/mol. The van der Waals surface area contributed by atoms with E-state index in [0.717, 1.165) is 5.56 Å². The minimum Gasteiger partial charge on any atom is -0.492 e. The molecule has 2 aromatic rings. The number of hydrogen-bond donors (Lipinski definition) is 1. The van der Waals surface area contributed by atoms with Gasteiger partial charge in [0.15, 0.2) is 12.7 Å². The zero-order valence-corrected chi connectivity index (χ0v) is 15.2. The molecule has 2 aromatic carbocycles. The average Bonchev–Trinajstić information content (AvgIpc) is 2.61. The minimum atomic E-state index is -0.819. The van der Waals surface area contributed by atoms with E-state index in [1.165, 1.54) is 0 Å². The number of hydrogen-bond acceptors (Lipinski definition) is 5. The molecular weight excluding hydrogens is 334 g/mol. The number of carbonyl (C=O) groups is 2. The molecule has 0 spiro atoms. The van der Waals surface area contributed by atoms with Gasteiger partial charge in [-0.1, -0.05) is 24.3 Å². The fourth-order valence-electron chi connectivity index (χ4n) is 2.23. The average molecular weight is 357 g/mol. The number of carbonyl (C=O) groups excluding carboxylic acids is 2. The number of nitrogens with one attached hydrogen (secondary N) is 1. The van der Waals surface area contributed by atoms with Crippen LogP contribution in [0.4, 0.5) is 5.69 Å². The molecule has 0 heterocycles. The molecule has 1 atom stereocenters. The van der Waals surface area contributed by atoms with Crippen molar-refractivity contribution in [1.82, 2.24) is 0 Å². The lowest BCUT2D eigenvalue weighted by Gasteiger charge is -2.15. The summed E-state index contributed by atoms with van der Waals surface area (Å²) in [5.41, 5.74) is 1.55. The monoisotopic (exact) mass is 357 g/mol. The van der Waals surface area contributed by atoms with Gasteiger partial charge in [-0.3, -0.25) is 4.79 Å². The van der Waals surface area contributed by atoms with E-state index in [9.17, 15) is 9.59 Å². The van der Waals surface area contributed by atoms with Crippen LogP contribution in [0.1, 0.15) is 19.4 Å². The van der Waals surface area contributed by atoms with Crippen molar-refractivity contribution in [2.75, 3.05) is 18.5 Å². The number of anilines is 1. The van der Waals surface area contributed by atoms with Crippen molar-refractivity contribution in [2.45, 2.75) is 26.9 Å².